The van der Waals surface area contributed by atoms with Gasteiger partial charge >= 0.3 is 0 Å². The minimum absolute atomic E-state index is 0.0240. The van der Waals surface area contributed by atoms with E-state index in [-0.39, 0.29) is 12.0 Å². The maximum absolute atomic E-state index is 12.3. The lowest BCUT2D eigenvalue weighted by Gasteiger charge is -2.14. The fraction of sp³-hybridized carbons (Fsp3) is 0.286. The highest BCUT2D eigenvalue weighted by atomic mass is 79.9. The van der Waals surface area contributed by atoms with Gasteiger partial charge in [-0.05, 0) is 72.6 Å². The smallest absolute Gasteiger partial charge is 0.262 e. The zero-order chi connectivity index (χ0) is 21.4. The molecule has 0 spiro atoms. The summed E-state index contributed by atoms with van der Waals surface area (Å²) in [5.74, 6) is 0.415. The van der Waals surface area contributed by atoms with Crippen molar-refractivity contribution >= 4 is 34.0 Å². The van der Waals surface area contributed by atoms with E-state index in [9.17, 15) is 9.59 Å². The molecule has 1 atom stereocenters. The van der Waals surface area contributed by atoms with E-state index < -0.39 is 11.9 Å². The number of carbonyl (C=O) groups excluding carboxylic acids is 2. The molecule has 0 bridgehead atoms. The highest BCUT2D eigenvalue weighted by molar-refractivity contribution is 9.10. The van der Waals surface area contributed by atoms with Crippen molar-refractivity contribution in [1.82, 2.24) is 10.7 Å². The van der Waals surface area contributed by atoms with Crippen LogP contribution in [0.25, 0.3) is 0 Å². The molecule has 8 heteroatoms. The number of hydrogen-bond donors (Lipinski definition) is 2. The van der Waals surface area contributed by atoms with Crippen molar-refractivity contribution in [2.24, 2.45) is 5.10 Å². The Balaban J connectivity index is 1.94. The van der Waals surface area contributed by atoms with Crippen molar-refractivity contribution in [1.29, 1.82) is 0 Å². The average molecular weight is 462 g/mol. The van der Waals surface area contributed by atoms with E-state index in [0.717, 1.165) is 5.56 Å². The predicted octanol–water partition coefficient (Wildman–Crippen LogP) is 3.51. The SMILES string of the molecule is COc1cc(C=NNC(=O)C(C)NC(=O)c2ccccc2Br)ccc1OC(C)C. The molecule has 1 unspecified atom stereocenters. The topological polar surface area (TPSA) is 89.0 Å². The van der Waals surface area contributed by atoms with Gasteiger partial charge in [0, 0.05) is 4.47 Å². The van der Waals surface area contributed by atoms with Crippen LogP contribution in [0.4, 0.5) is 0 Å². The molecule has 2 amide bonds. The van der Waals surface area contributed by atoms with Crippen molar-refractivity contribution in [2.45, 2.75) is 32.9 Å². The van der Waals surface area contributed by atoms with E-state index in [0.29, 0.717) is 21.5 Å². The van der Waals surface area contributed by atoms with E-state index in [4.69, 9.17) is 9.47 Å². The summed E-state index contributed by atoms with van der Waals surface area (Å²) in [6, 6.07) is 11.6. The minimum Gasteiger partial charge on any atom is -0.493 e. The Kier molecular flexibility index (Phi) is 8.21. The molecule has 2 N–H and O–H groups in total. The molecule has 0 saturated heterocycles. The van der Waals surface area contributed by atoms with Crippen LogP contribution in [0.2, 0.25) is 0 Å². The summed E-state index contributed by atoms with van der Waals surface area (Å²) in [4.78, 5) is 24.5. The van der Waals surface area contributed by atoms with Crippen LogP contribution >= 0.6 is 15.9 Å². The molecule has 7 nitrogen and oxygen atoms in total. The number of nitrogens with zero attached hydrogens (tertiary/aromatic N) is 1. The van der Waals surface area contributed by atoms with Gasteiger partial charge in [-0.2, -0.15) is 5.10 Å². The summed E-state index contributed by atoms with van der Waals surface area (Å²) in [5, 5.41) is 6.58. The molecule has 0 saturated carbocycles. The number of benzene rings is 2. The van der Waals surface area contributed by atoms with Crippen molar-refractivity contribution in [3.05, 3.63) is 58.1 Å². The standard InChI is InChI=1S/C21H24BrN3O4/c1-13(2)29-18-10-9-15(11-19(18)28-4)12-23-25-20(26)14(3)24-21(27)16-7-5-6-8-17(16)22/h5-14H,1-4H3,(H,24,27)(H,25,26). The molecular weight excluding hydrogens is 438 g/mol. The van der Waals surface area contributed by atoms with E-state index in [2.05, 4.69) is 31.8 Å². The summed E-state index contributed by atoms with van der Waals surface area (Å²) >= 11 is 3.32. The summed E-state index contributed by atoms with van der Waals surface area (Å²) in [5.41, 5.74) is 3.59. The van der Waals surface area contributed by atoms with Crippen LogP contribution < -0.4 is 20.2 Å². The summed E-state index contributed by atoms with van der Waals surface area (Å²) in [7, 11) is 1.56. The van der Waals surface area contributed by atoms with Gasteiger partial charge in [0.15, 0.2) is 11.5 Å². The third-order valence-electron chi connectivity index (χ3n) is 3.80. The first-order valence-electron chi connectivity index (χ1n) is 9.04. The lowest BCUT2D eigenvalue weighted by atomic mass is 10.2. The number of amides is 2. The molecule has 0 aliphatic heterocycles. The van der Waals surface area contributed by atoms with E-state index >= 15 is 0 Å². The number of hydrogen-bond acceptors (Lipinski definition) is 5. The van der Waals surface area contributed by atoms with Crippen LogP contribution in [0, 0.1) is 0 Å². The molecular formula is C21H24BrN3O4. The lowest BCUT2D eigenvalue weighted by molar-refractivity contribution is -0.122. The molecule has 2 rings (SSSR count). The largest absolute Gasteiger partial charge is 0.493 e. The Morgan fingerprint density at radius 2 is 1.83 bits per heavy atom. The second-order valence-electron chi connectivity index (χ2n) is 6.49. The quantitative estimate of drug-likeness (QED) is 0.464. The van der Waals surface area contributed by atoms with Gasteiger partial charge in [-0.25, -0.2) is 5.43 Å². The molecule has 0 aromatic heterocycles. The first kappa shape index (κ1) is 22.4. The number of nitrogens with one attached hydrogen (secondary N) is 2. The van der Waals surface area contributed by atoms with Gasteiger partial charge < -0.3 is 14.8 Å². The zero-order valence-electron chi connectivity index (χ0n) is 16.7. The minimum atomic E-state index is -0.761. The van der Waals surface area contributed by atoms with Crippen LogP contribution in [-0.4, -0.2) is 37.3 Å². The van der Waals surface area contributed by atoms with Gasteiger partial charge in [0.05, 0.1) is 25.0 Å². The molecule has 0 fully saturated rings. The number of ether oxygens (including phenoxy) is 2. The number of carbonyl (C=O) groups is 2. The number of methoxy groups -OCH3 is 1. The first-order valence-corrected chi connectivity index (χ1v) is 9.84. The lowest BCUT2D eigenvalue weighted by Crippen LogP contribution is -2.43. The molecule has 0 heterocycles. The second-order valence-corrected chi connectivity index (χ2v) is 7.34. The Labute approximate surface area is 178 Å². The Morgan fingerprint density at radius 1 is 1.10 bits per heavy atom. The highest BCUT2D eigenvalue weighted by Gasteiger charge is 2.17. The third kappa shape index (κ3) is 6.60. The van der Waals surface area contributed by atoms with Gasteiger partial charge in [0.1, 0.15) is 6.04 Å². The Bertz CT molecular complexity index is 899. The molecule has 0 radical (unpaired) electrons. The average Bonchev–Trinajstić information content (AvgIpc) is 2.68. The molecule has 2 aromatic carbocycles. The Morgan fingerprint density at radius 3 is 2.48 bits per heavy atom. The monoisotopic (exact) mass is 461 g/mol. The van der Waals surface area contributed by atoms with Gasteiger partial charge in [0.25, 0.3) is 11.8 Å². The normalized spacial score (nSPS) is 11.9. The van der Waals surface area contributed by atoms with Crippen molar-refractivity contribution in [2.75, 3.05) is 7.11 Å². The molecule has 0 aliphatic carbocycles. The van der Waals surface area contributed by atoms with Gasteiger partial charge in [-0.15, -0.1) is 0 Å². The summed E-state index contributed by atoms with van der Waals surface area (Å²) in [6.07, 6.45) is 1.51. The van der Waals surface area contributed by atoms with E-state index in [1.807, 2.05) is 19.9 Å². The first-order chi connectivity index (χ1) is 13.8. The van der Waals surface area contributed by atoms with Gasteiger partial charge in [-0.3, -0.25) is 9.59 Å². The maximum Gasteiger partial charge on any atom is 0.262 e. The van der Waals surface area contributed by atoms with Gasteiger partial charge in [-0.1, -0.05) is 12.1 Å². The highest BCUT2D eigenvalue weighted by Crippen LogP contribution is 2.28. The number of hydrazone groups is 1. The van der Waals surface area contributed by atoms with Crippen LogP contribution in [0.15, 0.2) is 52.0 Å². The van der Waals surface area contributed by atoms with Gasteiger partial charge in [0.2, 0.25) is 0 Å². The van der Waals surface area contributed by atoms with Crippen LogP contribution in [0.1, 0.15) is 36.7 Å². The predicted molar refractivity (Wildman–Crippen MR) is 116 cm³/mol. The second kappa shape index (κ2) is 10.6. The number of halogens is 1. The fourth-order valence-corrected chi connectivity index (χ4v) is 2.83. The van der Waals surface area contributed by atoms with E-state index in [1.54, 1.807) is 50.4 Å². The Hall–Kier alpha value is -2.87. The van der Waals surface area contributed by atoms with E-state index in [1.165, 1.54) is 6.21 Å². The van der Waals surface area contributed by atoms with Crippen molar-refractivity contribution in [3.8, 4) is 11.5 Å². The molecule has 2 aromatic rings. The number of rotatable bonds is 8. The zero-order valence-corrected chi connectivity index (χ0v) is 18.3. The van der Waals surface area contributed by atoms with Crippen LogP contribution in [0.5, 0.6) is 11.5 Å². The molecule has 29 heavy (non-hydrogen) atoms. The maximum atomic E-state index is 12.3. The summed E-state index contributed by atoms with van der Waals surface area (Å²) < 4.78 is 11.6. The molecule has 154 valence electrons. The van der Waals surface area contributed by atoms with Crippen LogP contribution in [0.3, 0.4) is 0 Å². The fourth-order valence-electron chi connectivity index (χ4n) is 2.37. The van der Waals surface area contributed by atoms with Crippen molar-refractivity contribution in [3.63, 3.8) is 0 Å². The van der Waals surface area contributed by atoms with Crippen LogP contribution in [-0.2, 0) is 4.79 Å². The molecule has 0 aliphatic rings. The summed E-state index contributed by atoms with van der Waals surface area (Å²) in [6.45, 7) is 5.45. The van der Waals surface area contributed by atoms with Crippen molar-refractivity contribution < 1.29 is 19.1 Å². The third-order valence-corrected chi connectivity index (χ3v) is 4.49.